The highest BCUT2D eigenvalue weighted by Crippen LogP contribution is 2.31. The van der Waals surface area contributed by atoms with Crippen LogP contribution in [0.5, 0.6) is 0 Å². The molecule has 0 fully saturated rings. The molecule has 1 unspecified atom stereocenters. The van der Waals surface area contributed by atoms with Crippen molar-refractivity contribution >= 4 is 5.91 Å². The predicted octanol–water partition coefficient (Wildman–Crippen LogP) is 3.88. The highest BCUT2D eigenvalue weighted by atomic mass is 19.4. The Morgan fingerprint density at radius 3 is 2.33 bits per heavy atom. The number of carbonyl (C=O) groups is 1. The van der Waals surface area contributed by atoms with Crippen LogP contribution in [-0.4, -0.2) is 18.6 Å². The van der Waals surface area contributed by atoms with Gasteiger partial charge in [0, 0.05) is 6.54 Å². The van der Waals surface area contributed by atoms with Crippen molar-refractivity contribution in [3.63, 3.8) is 0 Å². The topological polar surface area (TPSA) is 29.1 Å². The molecule has 1 aromatic carbocycles. The fraction of sp³-hybridized carbons (Fsp3) is 0.462. The number of hydrogen-bond donors (Lipinski definition) is 1. The van der Waals surface area contributed by atoms with Gasteiger partial charge in [-0.05, 0) is 24.0 Å². The SMILES string of the molecule is CC(CCNC(=O)C(F)(F)F)c1cccc(C(F)(F)F)c1. The van der Waals surface area contributed by atoms with Crippen LogP contribution in [-0.2, 0) is 11.0 Å². The second-order valence-corrected chi connectivity index (χ2v) is 4.57. The lowest BCUT2D eigenvalue weighted by atomic mass is 9.96. The summed E-state index contributed by atoms with van der Waals surface area (Å²) in [7, 11) is 0. The van der Waals surface area contributed by atoms with Gasteiger partial charge in [-0.1, -0.05) is 25.1 Å². The Morgan fingerprint density at radius 2 is 1.81 bits per heavy atom. The highest BCUT2D eigenvalue weighted by Gasteiger charge is 2.38. The average molecular weight is 313 g/mol. The molecule has 1 N–H and O–H groups in total. The van der Waals surface area contributed by atoms with Gasteiger partial charge >= 0.3 is 18.3 Å². The van der Waals surface area contributed by atoms with Gasteiger partial charge in [-0.3, -0.25) is 4.79 Å². The third kappa shape index (κ3) is 5.28. The van der Waals surface area contributed by atoms with Crippen LogP contribution in [0.4, 0.5) is 26.3 Å². The summed E-state index contributed by atoms with van der Waals surface area (Å²) >= 11 is 0. The summed E-state index contributed by atoms with van der Waals surface area (Å²) in [5.74, 6) is -2.47. The molecule has 118 valence electrons. The summed E-state index contributed by atoms with van der Waals surface area (Å²) in [4.78, 5) is 10.6. The lowest BCUT2D eigenvalue weighted by Gasteiger charge is -2.15. The molecule has 1 atom stereocenters. The molecule has 0 aromatic heterocycles. The number of carbonyl (C=O) groups excluding carboxylic acids is 1. The third-order valence-electron chi connectivity index (χ3n) is 2.90. The molecule has 21 heavy (non-hydrogen) atoms. The monoisotopic (exact) mass is 313 g/mol. The Labute approximate surface area is 117 Å². The number of nitrogens with one attached hydrogen (secondary N) is 1. The average Bonchev–Trinajstić information content (AvgIpc) is 2.36. The van der Waals surface area contributed by atoms with Gasteiger partial charge in [0.1, 0.15) is 0 Å². The van der Waals surface area contributed by atoms with Crippen LogP contribution in [0.25, 0.3) is 0 Å². The molecule has 1 aromatic rings. The zero-order valence-corrected chi connectivity index (χ0v) is 11.0. The first-order valence-electron chi connectivity index (χ1n) is 6.04. The number of halogens is 6. The lowest BCUT2D eigenvalue weighted by Crippen LogP contribution is -2.37. The van der Waals surface area contributed by atoms with Crippen molar-refractivity contribution in [2.75, 3.05) is 6.54 Å². The van der Waals surface area contributed by atoms with Gasteiger partial charge in [0.05, 0.1) is 5.56 Å². The molecule has 0 heterocycles. The molecule has 0 aliphatic heterocycles. The third-order valence-corrected chi connectivity index (χ3v) is 2.90. The molecule has 0 radical (unpaired) electrons. The minimum atomic E-state index is -4.96. The minimum absolute atomic E-state index is 0.100. The van der Waals surface area contributed by atoms with E-state index in [0.29, 0.717) is 5.56 Å². The number of rotatable bonds is 4. The molecule has 8 heteroatoms. The maximum Gasteiger partial charge on any atom is 0.471 e. The minimum Gasteiger partial charge on any atom is -0.348 e. The zero-order chi connectivity index (χ0) is 16.3. The standard InChI is InChI=1S/C13H13F6NO/c1-8(5-6-20-11(21)13(17,18)19)9-3-2-4-10(7-9)12(14,15)16/h2-4,7-8H,5-6H2,1H3,(H,20,21). The zero-order valence-electron chi connectivity index (χ0n) is 11.0. The van der Waals surface area contributed by atoms with Crippen LogP contribution in [0, 0.1) is 0 Å². The molecule has 0 bridgehead atoms. The van der Waals surface area contributed by atoms with Crippen molar-refractivity contribution in [1.82, 2.24) is 5.32 Å². The largest absolute Gasteiger partial charge is 0.471 e. The molecular weight excluding hydrogens is 300 g/mol. The number of benzene rings is 1. The van der Waals surface area contributed by atoms with E-state index in [4.69, 9.17) is 0 Å². The molecule has 0 aliphatic rings. The molecule has 0 saturated heterocycles. The highest BCUT2D eigenvalue weighted by molar-refractivity contribution is 5.81. The molecule has 1 amide bonds. The number of amides is 1. The summed E-state index contributed by atoms with van der Waals surface area (Å²) in [5, 5.41) is 1.68. The van der Waals surface area contributed by atoms with Crippen molar-refractivity contribution in [3.05, 3.63) is 35.4 Å². The van der Waals surface area contributed by atoms with Crippen LogP contribution < -0.4 is 5.32 Å². The number of alkyl halides is 6. The Balaban J connectivity index is 2.61. The normalized spacial score (nSPS) is 13.9. The summed E-state index contributed by atoms with van der Waals surface area (Å²) in [6.45, 7) is 1.31. The van der Waals surface area contributed by atoms with Crippen LogP contribution in [0.2, 0.25) is 0 Å². The van der Waals surface area contributed by atoms with E-state index in [1.165, 1.54) is 12.1 Å². The van der Waals surface area contributed by atoms with Gasteiger partial charge in [-0.25, -0.2) is 0 Å². The van der Waals surface area contributed by atoms with Crippen molar-refractivity contribution in [2.24, 2.45) is 0 Å². The fourth-order valence-electron chi connectivity index (χ4n) is 1.69. The molecule has 0 spiro atoms. The summed E-state index contributed by atoms with van der Waals surface area (Å²) < 4.78 is 73.4. The Kier molecular flexibility index (Phi) is 5.25. The van der Waals surface area contributed by atoms with Gasteiger partial charge in [-0.2, -0.15) is 26.3 Å². The van der Waals surface area contributed by atoms with Crippen LogP contribution in [0.15, 0.2) is 24.3 Å². The van der Waals surface area contributed by atoms with E-state index in [2.05, 4.69) is 0 Å². The van der Waals surface area contributed by atoms with Gasteiger partial charge in [0.25, 0.3) is 0 Å². The van der Waals surface area contributed by atoms with Crippen LogP contribution >= 0.6 is 0 Å². The van der Waals surface area contributed by atoms with Gasteiger partial charge in [0.2, 0.25) is 0 Å². The van der Waals surface area contributed by atoms with Crippen molar-refractivity contribution in [1.29, 1.82) is 0 Å². The summed E-state index contributed by atoms with van der Waals surface area (Å²) in [6.07, 6.45) is -9.33. The maximum absolute atomic E-state index is 12.5. The Morgan fingerprint density at radius 1 is 1.19 bits per heavy atom. The van der Waals surface area contributed by atoms with Gasteiger partial charge in [-0.15, -0.1) is 0 Å². The molecular formula is C13H13F6NO. The predicted molar refractivity (Wildman–Crippen MR) is 63.5 cm³/mol. The van der Waals surface area contributed by atoms with E-state index in [9.17, 15) is 31.1 Å². The second kappa shape index (κ2) is 6.36. The smallest absolute Gasteiger partial charge is 0.348 e. The first-order chi connectivity index (χ1) is 9.51. The first kappa shape index (κ1) is 17.3. The lowest BCUT2D eigenvalue weighted by molar-refractivity contribution is -0.173. The molecule has 0 saturated carbocycles. The maximum atomic E-state index is 12.5. The van der Waals surface area contributed by atoms with E-state index < -0.39 is 29.7 Å². The molecule has 0 aliphatic carbocycles. The van der Waals surface area contributed by atoms with Gasteiger partial charge < -0.3 is 5.32 Å². The Hall–Kier alpha value is -1.73. The Bertz CT molecular complexity index is 494. The molecule has 2 nitrogen and oxygen atoms in total. The van der Waals surface area contributed by atoms with Crippen molar-refractivity contribution in [2.45, 2.75) is 31.6 Å². The van der Waals surface area contributed by atoms with Crippen molar-refractivity contribution in [3.8, 4) is 0 Å². The quantitative estimate of drug-likeness (QED) is 0.840. The second-order valence-electron chi connectivity index (χ2n) is 4.57. The fourth-order valence-corrected chi connectivity index (χ4v) is 1.69. The molecule has 1 rings (SSSR count). The van der Waals surface area contributed by atoms with Gasteiger partial charge in [0.15, 0.2) is 0 Å². The van der Waals surface area contributed by atoms with Crippen molar-refractivity contribution < 1.29 is 31.1 Å². The van der Waals surface area contributed by atoms with E-state index in [0.717, 1.165) is 12.1 Å². The van der Waals surface area contributed by atoms with Crippen LogP contribution in [0.3, 0.4) is 0 Å². The first-order valence-corrected chi connectivity index (χ1v) is 6.04. The summed E-state index contributed by atoms with van der Waals surface area (Å²) in [5.41, 5.74) is -0.461. The summed E-state index contributed by atoms with van der Waals surface area (Å²) in [6, 6.07) is 4.58. The number of hydrogen-bond acceptors (Lipinski definition) is 1. The van der Waals surface area contributed by atoms with E-state index in [1.807, 2.05) is 0 Å². The van der Waals surface area contributed by atoms with E-state index in [-0.39, 0.29) is 13.0 Å². The van der Waals surface area contributed by atoms with Crippen LogP contribution in [0.1, 0.15) is 30.4 Å². The van der Waals surface area contributed by atoms with E-state index >= 15 is 0 Å². The van der Waals surface area contributed by atoms with E-state index in [1.54, 1.807) is 12.2 Å².